The Balaban J connectivity index is 2.00. The van der Waals surface area contributed by atoms with Gasteiger partial charge in [-0.05, 0) is 24.6 Å². The topological polar surface area (TPSA) is 78.1 Å². The number of nitrogens with one attached hydrogen (secondary N) is 2. The Bertz CT molecular complexity index is 736. The second-order valence-electron chi connectivity index (χ2n) is 5.85. The van der Waals surface area contributed by atoms with E-state index in [1.165, 1.54) is 0 Å². The summed E-state index contributed by atoms with van der Waals surface area (Å²) in [6.07, 6.45) is 0. The summed E-state index contributed by atoms with van der Waals surface area (Å²) < 4.78 is 21.1. The van der Waals surface area contributed by atoms with E-state index in [2.05, 4.69) is 10.6 Å². The Morgan fingerprint density at radius 1 is 0.926 bits per heavy atom. The highest BCUT2D eigenvalue weighted by atomic mass is 16.5. The molecule has 0 saturated carbocycles. The van der Waals surface area contributed by atoms with Crippen molar-refractivity contribution in [2.24, 2.45) is 0 Å². The Morgan fingerprint density at radius 3 is 2.00 bits per heavy atom. The van der Waals surface area contributed by atoms with Crippen LogP contribution < -0.4 is 29.6 Å². The van der Waals surface area contributed by atoms with Crippen molar-refractivity contribution in [3.63, 3.8) is 0 Å². The lowest BCUT2D eigenvalue weighted by Crippen LogP contribution is -2.37. The summed E-state index contributed by atoms with van der Waals surface area (Å²) in [4.78, 5) is 12.4. The number of hydrogen-bond acceptors (Lipinski definition) is 6. The van der Waals surface area contributed by atoms with Crippen molar-refractivity contribution >= 4 is 11.6 Å². The Labute approximate surface area is 159 Å². The van der Waals surface area contributed by atoms with E-state index in [-0.39, 0.29) is 5.91 Å². The zero-order valence-corrected chi connectivity index (χ0v) is 16.3. The van der Waals surface area contributed by atoms with Crippen molar-refractivity contribution in [1.29, 1.82) is 0 Å². The highest BCUT2D eigenvalue weighted by Crippen LogP contribution is 2.40. The fraction of sp³-hybridized carbons (Fsp3) is 0.350. The number of benzene rings is 2. The maximum absolute atomic E-state index is 12.4. The molecule has 2 aromatic carbocycles. The molecule has 2 rings (SSSR count). The molecule has 0 unspecified atom stereocenters. The fourth-order valence-corrected chi connectivity index (χ4v) is 2.57. The average Bonchev–Trinajstić information content (AvgIpc) is 2.71. The van der Waals surface area contributed by atoms with Crippen molar-refractivity contribution in [2.75, 3.05) is 33.8 Å². The first kappa shape index (κ1) is 20.2. The lowest BCUT2D eigenvalue weighted by Gasteiger charge is -2.18. The van der Waals surface area contributed by atoms with Gasteiger partial charge in [-0.3, -0.25) is 4.79 Å². The predicted octanol–water partition coefficient (Wildman–Crippen LogP) is 2.84. The lowest BCUT2D eigenvalue weighted by atomic mass is 10.2. The van der Waals surface area contributed by atoms with E-state index in [4.69, 9.17) is 18.9 Å². The number of amides is 1. The van der Waals surface area contributed by atoms with Crippen molar-refractivity contribution in [3.8, 4) is 23.0 Å². The van der Waals surface area contributed by atoms with Gasteiger partial charge in [0.2, 0.25) is 11.7 Å². The van der Waals surface area contributed by atoms with E-state index in [0.717, 1.165) is 11.3 Å². The van der Waals surface area contributed by atoms with Crippen LogP contribution in [0.5, 0.6) is 23.0 Å². The second kappa shape index (κ2) is 9.56. The van der Waals surface area contributed by atoms with Crippen LogP contribution in [-0.4, -0.2) is 40.4 Å². The Hall–Kier alpha value is -3.09. The summed E-state index contributed by atoms with van der Waals surface area (Å²) in [6, 6.07) is 10.6. The molecule has 7 nitrogen and oxygen atoms in total. The SMILES string of the molecule is COc1ccc(CNC(=O)[C@H](C)Nc2cc(OC)c(OC)c(OC)c2)cc1. The average molecular weight is 374 g/mol. The van der Waals surface area contributed by atoms with Crippen LogP contribution in [-0.2, 0) is 11.3 Å². The van der Waals surface area contributed by atoms with Gasteiger partial charge in [-0.2, -0.15) is 0 Å². The maximum Gasteiger partial charge on any atom is 0.242 e. The fourth-order valence-electron chi connectivity index (χ4n) is 2.57. The number of carbonyl (C=O) groups excluding carboxylic acids is 1. The number of hydrogen-bond donors (Lipinski definition) is 2. The minimum atomic E-state index is -0.453. The summed E-state index contributed by atoms with van der Waals surface area (Å²) in [5, 5.41) is 6.06. The van der Waals surface area contributed by atoms with Crippen LogP contribution in [0.3, 0.4) is 0 Å². The summed E-state index contributed by atoms with van der Waals surface area (Å²) in [7, 11) is 6.26. The van der Waals surface area contributed by atoms with Gasteiger partial charge in [-0.25, -0.2) is 0 Å². The van der Waals surface area contributed by atoms with Crippen molar-refractivity contribution < 1.29 is 23.7 Å². The van der Waals surface area contributed by atoms with E-state index in [9.17, 15) is 4.79 Å². The zero-order valence-electron chi connectivity index (χ0n) is 16.3. The van der Waals surface area contributed by atoms with E-state index >= 15 is 0 Å². The molecule has 0 aromatic heterocycles. The molecule has 0 bridgehead atoms. The van der Waals surface area contributed by atoms with Crippen molar-refractivity contribution in [1.82, 2.24) is 5.32 Å². The quantitative estimate of drug-likeness (QED) is 0.703. The molecule has 0 saturated heterocycles. The maximum atomic E-state index is 12.4. The Morgan fingerprint density at radius 2 is 1.52 bits per heavy atom. The van der Waals surface area contributed by atoms with E-state index in [0.29, 0.717) is 29.5 Å². The lowest BCUT2D eigenvalue weighted by molar-refractivity contribution is -0.121. The minimum Gasteiger partial charge on any atom is -0.497 e. The normalized spacial score (nSPS) is 11.3. The van der Waals surface area contributed by atoms with Crippen LogP contribution in [0, 0.1) is 0 Å². The number of anilines is 1. The molecule has 0 fully saturated rings. The molecular weight excluding hydrogens is 348 g/mol. The third kappa shape index (κ3) is 5.20. The van der Waals surface area contributed by atoms with Gasteiger partial charge in [0.15, 0.2) is 11.5 Å². The molecule has 1 atom stereocenters. The molecule has 1 amide bonds. The number of rotatable bonds is 9. The van der Waals surface area contributed by atoms with Crippen LogP contribution in [0.1, 0.15) is 12.5 Å². The number of methoxy groups -OCH3 is 4. The molecule has 7 heteroatoms. The molecule has 27 heavy (non-hydrogen) atoms. The molecule has 0 heterocycles. The summed E-state index contributed by atoms with van der Waals surface area (Å²) >= 11 is 0. The molecule has 146 valence electrons. The summed E-state index contributed by atoms with van der Waals surface area (Å²) in [6.45, 7) is 2.22. The van der Waals surface area contributed by atoms with Gasteiger partial charge < -0.3 is 29.6 Å². The van der Waals surface area contributed by atoms with Gasteiger partial charge >= 0.3 is 0 Å². The van der Waals surface area contributed by atoms with Crippen LogP contribution in [0.25, 0.3) is 0 Å². The van der Waals surface area contributed by atoms with Crippen LogP contribution >= 0.6 is 0 Å². The molecule has 0 aliphatic heterocycles. The van der Waals surface area contributed by atoms with E-state index in [1.807, 2.05) is 24.3 Å². The van der Waals surface area contributed by atoms with Gasteiger partial charge in [0.05, 0.1) is 28.4 Å². The zero-order chi connectivity index (χ0) is 19.8. The van der Waals surface area contributed by atoms with Gasteiger partial charge in [-0.1, -0.05) is 12.1 Å². The third-order valence-corrected chi connectivity index (χ3v) is 4.07. The predicted molar refractivity (Wildman–Crippen MR) is 104 cm³/mol. The van der Waals surface area contributed by atoms with Crippen LogP contribution in [0.4, 0.5) is 5.69 Å². The first-order valence-electron chi connectivity index (χ1n) is 8.49. The van der Waals surface area contributed by atoms with Crippen LogP contribution in [0.2, 0.25) is 0 Å². The van der Waals surface area contributed by atoms with E-state index in [1.54, 1.807) is 47.5 Å². The summed E-state index contributed by atoms with van der Waals surface area (Å²) in [5.74, 6) is 2.19. The molecule has 2 aromatic rings. The first-order chi connectivity index (χ1) is 13.0. The van der Waals surface area contributed by atoms with Crippen molar-refractivity contribution in [2.45, 2.75) is 19.5 Å². The van der Waals surface area contributed by atoms with Crippen LogP contribution in [0.15, 0.2) is 36.4 Å². The standard InChI is InChI=1S/C20H26N2O5/c1-13(20(23)21-12-14-6-8-16(24-2)9-7-14)22-15-10-17(25-3)19(27-5)18(11-15)26-4/h6-11,13,22H,12H2,1-5H3,(H,21,23)/t13-/m0/s1. The second-order valence-corrected chi connectivity index (χ2v) is 5.85. The molecule has 0 aliphatic rings. The number of ether oxygens (including phenoxy) is 4. The smallest absolute Gasteiger partial charge is 0.242 e. The molecule has 0 aliphatic carbocycles. The molecule has 0 radical (unpaired) electrons. The third-order valence-electron chi connectivity index (χ3n) is 4.07. The highest BCUT2D eigenvalue weighted by Gasteiger charge is 2.17. The summed E-state index contributed by atoms with van der Waals surface area (Å²) in [5.41, 5.74) is 1.68. The Kier molecular flexibility index (Phi) is 7.16. The molecule has 2 N–H and O–H groups in total. The largest absolute Gasteiger partial charge is 0.497 e. The molecular formula is C20H26N2O5. The van der Waals surface area contributed by atoms with Crippen molar-refractivity contribution in [3.05, 3.63) is 42.0 Å². The van der Waals surface area contributed by atoms with Gasteiger partial charge in [0, 0.05) is 24.4 Å². The molecule has 0 spiro atoms. The first-order valence-corrected chi connectivity index (χ1v) is 8.49. The highest BCUT2D eigenvalue weighted by molar-refractivity contribution is 5.84. The van der Waals surface area contributed by atoms with Gasteiger partial charge in [-0.15, -0.1) is 0 Å². The van der Waals surface area contributed by atoms with E-state index < -0.39 is 6.04 Å². The minimum absolute atomic E-state index is 0.125. The number of carbonyl (C=O) groups is 1. The van der Waals surface area contributed by atoms with Gasteiger partial charge in [0.1, 0.15) is 11.8 Å². The van der Waals surface area contributed by atoms with Gasteiger partial charge in [0.25, 0.3) is 0 Å². The monoisotopic (exact) mass is 374 g/mol.